The van der Waals surface area contributed by atoms with Crippen LogP contribution >= 0.6 is 0 Å². The van der Waals surface area contributed by atoms with E-state index in [-0.39, 0.29) is 0 Å². The van der Waals surface area contributed by atoms with E-state index in [1.807, 2.05) is 0 Å². The molecule has 1 aliphatic heterocycles. The maximum absolute atomic E-state index is 11.1. The highest BCUT2D eigenvalue weighted by molar-refractivity contribution is 5.75. The van der Waals surface area contributed by atoms with E-state index in [1.165, 1.54) is 57.9 Å². The van der Waals surface area contributed by atoms with E-state index in [2.05, 4.69) is 4.90 Å². The van der Waals surface area contributed by atoms with Crippen molar-refractivity contribution in [1.82, 2.24) is 4.90 Å². The Bertz CT molecular complexity index is 258. The molecule has 104 valence electrons. The zero-order valence-electron chi connectivity index (χ0n) is 12.0. The molecule has 2 fully saturated rings. The van der Waals surface area contributed by atoms with Gasteiger partial charge in [0.1, 0.15) is 5.78 Å². The SMILES string of the molecule is CC(=O)CCCN1CCCCC1C1CCCCC1. The number of rotatable bonds is 5. The number of hydrogen-bond acceptors (Lipinski definition) is 2. The molecule has 2 nitrogen and oxygen atoms in total. The van der Waals surface area contributed by atoms with Crippen LogP contribution in [-0.4, -0.2) is 29.8 Å². The first kappa shape index (κ1) is 14.0. The molecule has 1 saturated carbocycles. The van der Waals surface area contributed by atoms with Gasteiger partial charge in [-0.3, -0.25) is 0 Å². The van der Waals surface area contributed by atoms with Crippen molar-refractivity contribution in [1.29, 1.82) is 0 Å². The van der Waals surface area contributed by atoms with Gasteiger partial charge < -0.3 is 9.69 Å². The lowest BCUT2D eigenvalue weighted by Gasteiger charge is -2.42. The summed E-state index contributed by atoms with van der Waals surface area (Å²) >= 11 is 0. The van der Waals surface area contributed by atoms with Crippen LogP contribution in [0.15, 0.2) is 0 Å². The molecule has 2 heteroatoms. The van der Waals surface area contributed by atoms with Gasteiger partial charge in [0.2, 0.25) is 0 Å². The van der Waals surface area contributed by atoms with Crippen molar-refractivity contribution in [2.24, 2.45) is 5.92 Å². The van der Waals surface area contributed by atoms with Crippen LogP contribution in [0.1, 0.15) is 71.1 Å². The maximum atomic E-state index is 11.1. The third-order valence-electron chi connectivity index (χ3n) is 4.83. The van der Waals surface area contributed by atoms with E-state index in [9.17, 15) is 4.79 Å². The number of ketones is 1. The number of Topliss-reactive ketones (excluding diaryl/α,β-unsaturated/α-hetero) is 1. The van der Waals surface area contributed by atoms with Crippen LogP contribution in [0.2, 0.25) is 0 Å². The second kappa shape index (κ2) is 7.28. The van der Waals surface area contributed by atoms with Crippen LogP contribution in [0.4, 0.5) is 0 Å². The molecule has 0 aromatic rings. The highest BCUT2D eigenvalue weighted by Gasteiger charge is 2.30. The highest BCUT2D eigenvalue weighted by Crippen LogP contribution is 2.33. The molecule has 1 heterocycles. The minimum Gasteiger partial charge on any atom is -0.300 e. The van der Waals surface area contributed by atoms with Crippen molar-refractivity contribution >= 4 is 5.78 Å². The summed E-state index contributed by atoms with van der Waals surface area (Å²) in [6.07, 6.45) is 13.3. The monoisotopic (exact) mass is 251 g/mol. The predicted octanol–water partition coefficient (Wildman–Crippen LogP) is 3.79. The fraction of sp³-hybridized carbons (Fsp3) is 0.938. The number of hydrogen-bond donors (Lipinski definition) is 0. The first-order chi connectivity index (χ1) is 8.77. The summed E-state index contributed by atoms with van der Waals surface area (Å²) in [5.74, 6) is 1.30. The molecule has 0 spiro atoms. The number of likely N-dealkylation sites (tertiary alicyclic amines) is 1. The topological polar surface area (TPSA) is 20.3 Å². The van der Waals surface area contributed by atoms with Crippen LogP contribution in [0.5, 0.6) is 0 Å². The summed E-state index contributed by atoms with van der Waals surface area (Å²) in [4.78, 5) is 13.8. The minimum absolute atomic E-state index is 0.348. The molecule has 0 bridgehead atoms. The van der Waals surface area contributed by atoms with Gasteiger partial charge in [0.25, 0.3) is 0 Å². The Kier molecular flexibility index (Phi) is 5.68. The molecule has 1 unspecified atom stereocenters. The average molecular weight is 251 g/mol. The van der Waals surface area contributed by atoms with Gasteiger partial charge in [0.05, 0.1) is 0 Å². The number of nitrogens with zero attached hydrogens (tertiary/aromatic N) is 1. The fourth-order valence-electron chi connectivity index (χ4n) is 3.88. The Morgan fingerprint density at radius 3 is 2.50 bits per heavy atom. The minimum atomic E-state index is 0.348. The molecule has 1 aliphatic carbocycles. The molecule has 0 aromatic heterocycles. The van der Waals surface area contributed by atoms with Crippen LogP contribution in [0.3, 0.4) is 0 Å². The van der Waals surface area contributed by atoms with Crippen LogP contribution < -0.4 is 0 Å². The molecule has 1 atom stereocenters. The first-order valence-electron chi connectivity index (χ1n) is 8.01. The largest absolute Gasteiger partial charge is 0.300 e. The van der Waals surface area contributed by atoms with Gasteiger partial charge in [0, 0.05) is 12.5 Å². The zero-order valence-corrected chi connectivity index (χ0v) is 12.0. The quantitative estimate of drug-likeness (QED) is 0.741. The van der Waals surface area contributed by atoms with Crippen molar-refractivity contribution in [2.45, 2.75) is 77.2 Å². The number of carbonyl (C=O) groups is 1. The standard InChI is InChI=1S/C16H29NO/c1-14(18)8-7-13-17-12-6-5-11-16(17)15-9-3-2-4-10-15/h15-16H,2-13H2,1H3. The molecule has 2 rings (SSSR count). The Balaban J connectivity index is 1.82. The summed E-state index contributed by atoms with van der Waals surface area (Å²) in [6, 6.07) is 0.839. The fourth-order valence-corrected chi connectivity index (χ4v) is 3.88. The summed E-state index contributed by atoms with van der Waals surface area (Å²) in [6.45, 7) is 4.15. The van der Waals surface area contributed by atoms with Crippen LogP contribution in [0.25, 0.3) is 0 Å². The highest BCUT2D eigenvalue weighted by atomic mass is 16.1. The molecule has 1 saturated heterocycles. The molecule has 0 amide bonds. The molecular formula is C16H29NO. The average Bonchev–Trinajstić information content (AvgIpc) is 2.40. The number of piperidine rings is 1. The van der Waals surface area contributed by atoms with E-state index in [0.29, 0.717) is 5.78 Å². The second-order valence-electron chi connectivity index (χ2n) is 6.30. The first-order valence-corrected chi connectivity index (χ1v) is 8.01. The summed E-state index contributed by atoms with van der Waals surface area (Å²) < 4.78 is 0. The lowest BCUT2D eigenvalue weighted by Crippen LogP contribution is -2.45. The Morgan fingerprint density at radius 2 is 1.78 bits per heavy atom. The summed E-state index contributed by atoms with van der Waals surface area (Å²) in [5.41, 5.74) is 0. The van der Waals surface area contributed by atoms with Gasteiger partial charge in [-0.15, -0.1) is 0 Å². The van der Waals surface area contributed by atoms with Crippen molar-refractivity contribution in [3.63, 3.8) is 0 Å². The number of carbonyl (C=O) groups excluding carboxylic acids is 1. The normalized spacial score (nSPS) is 27.3. The van der Waals surface area contributed by atoms with E-state index in [4.69, 9.17) is 0 Å². The van der Waals surface area contributed by atoms with Gasteiger partial charge in [-0.2, -0.15) is 0 Å². The van der Waals surface area contributed by atoms with E-state index in [0.717, 1.165) is 31.3 Å². The Hall–Kier alpha value is -0.370. The van der Waals surface area contributed by atoms with E-state index >= 15 is 0 Å². The molecule has 18 heavy (non-hydrogen) atoms. The van der Waals surface area contributed by atoms with Gasteiger partial charge in [0.15, 0.2) is 0 Å². The molecule has 2 aliphatic rings. The maximum Gasteiger partial charge on any atom is 0.129 e. The van der Waals surface area contributed by atoms with E-state index in [1.54, 1.807) is 6.92 Å². The van der Waals surface area contributed by atoms with Crippen molar-refractivity contribution < 1.29 is 4.79 Å². The molecular weight excluding hydrogens is 222 g/mol. The van der Waals surface area contributed by atoms with Crippen LogP contribution in [0, 0.1) is 5.92 Å². The summed E-state index contributed by atoms with van der Waals surface area (Å²) in [7, 11) is 0. The van der Waals surface area contributed by atoms with Crippen molar-refractivity contribution in [3.05, 3.63) is 0 Å². The van der Waals surface area contributed by atoms with Crippen LogP contribution in [-0.2, 0) is 4.79 Å². The van der Waals surface area contributed by atoms with Gasteiger partial charge in [-0.05, 0) is 58.0 Å². The molecule has 0 aromatic carbocycles. The third kappa shape index (κ3) is 4.08. The molecule has 0 N–H and O–H groups in total. The molecule has 0 radical (unpaired) electrons. The lowest BCUT2D eigenvalue weighted by molar-refractivity contribution is -0.117. The predicted molar refractivity (Wildman–Crippen MR) is 75.7 cm³/mol. The van der Waals surface area contributed by atoms with Gasteiger partial charge in [-0.25, -0.2) is 0 Å². The van der Waals surface area contributed by atoms with Crippen molar-refractivity contribution in [3.8, 4) is 0 Å². The third-order valence-corrected chi connectivity index (χ3v) is 4.83. The van der Waals surface area contributed by atoms with Crippen molar-refractivity contribution in [2.75, 3.05) is 13.1 Å². The second-order valence-corrected chi connectivity index (χ2v) is 6.30. The lowest BCUT2D eigenvalue weighted by atomic mass is 9.80. The van der Waals surface area contributed by atoms with Gasteiger partial charge in [-0.1, -0.05) is 25.7 Å². The smallest absolute Gasteiger partial charge is 0.129 e. The summed E-state index contributed by atoms with van der Waals surface area (Å²) in [5, 5.41) is 0. The Labute approximate surface area is 112 Å². The van der Waals surface area contributed by atoms with E-state index < -0.39 is 0 Å². The zero-order chi connectivity index (χ0) is 12.8. The Morgan fingerprint density at radius 1 is 1.06 bits per heavy atom. The van der Waals surface area contributed by atoms with Gasteiger partial charge >= 0.3 is 0 Å².